The summed E-state index contributed by atoms with van der Waals surface area (Å²) in [6.45, 7) is 11.1. The molecule has 6 aromatic rings. The maximum Gasteiger partial charge on any atom is 0.352 e. The van der Waals surface area contributed by atoms with E-state index >= 15 is 4.79 Å². The normalized spacial score (nSPS) is 14.2. The second-order valence-corrected chi connectivity index (χ2v) is 14.9. The smallest absolute Gasteiger partial charge is 0.352 e. The van der Waals surface area contributed by atoms with Crippen molar-refractivity contribution in [3.05, 3.63) is 98.3 Å². The number of hydrogen-bond donors (Lipinski definition) is 1. The van der Waals surface area contributed by atoms with Crippen molar-refractivity contribution in [2.45, 2.75) is 60.0 Å². The van der Waals surface area contributed by atoms with Gasteiger partial charge in [-0.25, -0.2) is 14.8 Å². The molecule has 7 rings (SSSR count). The number of halogens is 2. The van der Waals surface area contributed by atoms with E-state index in [0.717, 1.165) is 60.9 Å². The molecule has 1 aliphatic heterocycles. The Kier molecular flexibility index (Phi) is 10.6. The molecule has 0 bridgehead atoms. The lowest BCUT2D eigenvalue weighted by molar-refractivity contribution is 0.0683. The molecular formula is C42H43Cl2N5O6. The van der Waals surface area contributed by atoms with Gasteiger partial charge in [0.25, 0.3) is 5.91 Å². The van der Waals surface area contributed by atoms with Crippen LogP contribution >= 0.6 is 23.2 Å². The van der Waals surface area contributed by atoms with E-state index in [1.807, 2.05) is 52.0 Å². The number of carboxylic acids is 1. The molecule has 1 aliphatic rings. The maximum absolute atomic E-state index is 15.3. The van der Waals surface area contributed by atoms with Crippen LogP contribution in [-0.4, -0.2) is 70.1 Å². The Morgan fingerprint density at radius 1 is 0.927 bits per heavy atom. The van der Waals surface area contributed by atoms with E-state index in [1.54, 1.807) is 48.2 Å². The maximum atomic E-state index is 15.3. The van der Waals surface area contributed by atoms with Crippen molar-refractivity contribution in [3.63, 3.8) is 0 Å². The third-order valence-electron chi connectivity index (χ3n) is 10.5. The Balaban J connectivity index is 1.41. The number of rotatable bonds is 12. The predicted octanol–water partition coefficient (Wildman–Crippen LogP) is 9.18. The lowest BCUT2D eigenvalue weighted by atomic mass is 9.97. The Bertz CT molecular complexity index is 2460. The molecule has 0 saturated carbocycles. The van der Waals surface area contributed by atoms with Gasteiger partial charge >= 0.3 is 5.97 Å². The van der Waals surface area contributed by atoms with Gasteiger partial charge in [0.05, 0.1) is 42.1 Å². The van der Waals surface area contributed by atoms with E-state index < -0.39 is 5.97 Å². The zero-order valence-electron chi connectivity index (χ0n) is 31.9. The fraction of sp³-hybridized carbons (Fsp3) is 0.333. The van der Waals surface area contributed by atoms with Gasteiger partial charge in [-0.05, 0) is 94.5 Å². The zero-order valence-corrected chi connectivity index (χ0v) is 33.4. The topological polar surface area (TPSA) is 121 Å². The third-order valence-corrected chi connectivity index (χ3v) is 11.4. The second-order valence-electron chi connectivity index (χ2n) is 14.1. The van der Waals surface area contributed by atoms with Crippen LogP contribution in [0.5, 0.6) is 11.5 Å². The van der Waals surface area contributed by atoms with Gasteiger partial charge < -0.3 is 33.4 Å². The fourth-order valence-corrected chi connectivity index (χ4v) is 8.39. The average Bonchev–Trinajstić information content (AvgIpc) is 3.69. The highest BCUT2D eigenvalue weighted by molar-refractivity contribution is 6.35. The number of aromatic carboxylic acids is 1. The largest absolute Gasteiger partial charge is 0.497 e. The van der Waals surface area contributed by atoms with Gasteiger partial charge in [-0.2, -0.15) is 0 Å². The third kappa shape index (κ3) is 6.68. The summed E-state index contributed by atoms with van der Waals surface area (Å²) in [7, 11) is 3.12. The molecular weight excluding hydrogens is 741 g/mol. The molecule has 55 heavy (non-hydrogen) atoms. The Labute approximate surface area is 329 Å². The summed E-state index contributed by atoms with van der Waals surface area (Å²) in [4.78, 5) is 38.6. The molecule has 0 unspecified atom stereocenters. The first-order valence-electron chi connectivity index (χ1n) is 18.1. The standard InChI is InChI=1S/C42H43Cl2N5O6/c1-22-15-29(16-23(2)37(22)44)55-13-8-9-30-31-10-11-32(43)36(35-25(4)45-21-46-26(35)5)39(31)49-24(3)20-48(41(50)40(30)49)33-19-28(54-7)17-27-18-34(42(51)52)47(38(27)33)12-14-53-6/h10-11,15-19,21,24H,8-9,12-14,20H2,1-7H3,(H,51,52)/t24-/m1/s1. The van der Waals surface area contributed by atoms with Crippen molar-refractivity contribution >= 4 is 62.6 Å². The van der Waals surface area contributed by atoms with Gasteiger partial charge in [0.2, 0.25) is 0 Å². The van der Waals surface area contributed by atoms with Crippen LogP contribution in [0, 0.1) is 27.7 Å². The lowest BCUT2D eigenvalue weighted by Gasteiger charge is -2.35. The van der Waals surface area contributed by atoms with E-state index in [-0.39, 0.29) is 30.8 Å². The molecule has 3 aromatic heterocycles. The fourth-order valence-electron chi connectivity index (χ4n) is 8.04. The molecule has 0 saturated heterocycles. The van der Waals surface area contributed by atoms with E-state index in [9.17, 15) is 9.90 Å². The van der Waals surface area contributed by atoms with Crippen LogP contribution in [0.2, 0.25) is 10.0 Å². The molecule has 13 heteroatoms. The number of aromatic nitrogens is 4. The van der Waals surface area contributed by atoms with E-state index in [0.29, 0.717) is 59.0 Å². The number of anilines is 1. The summed E-state index contributed by atoms with van der Waals surface area (Å²) in [5.74, 6) is -0.0599. The molecule has 11 nitrogen and oxygen atoms in total. The number of carboxylic acid groups (broad SMARTS) is 1. The summed E-state index contributed by atoms with van der Waals surface area (Å²) in [6, 6.07) is 12.7. The van der Waals surface area contributed by atoms with Crippen LogP contribution in [0.25, 0.3) is 32.9 Å². The van der Waals surface area contributed by atoms with Gasteiger partial charge in [0.1, 0.15) is 29.2 Å². The van der Waals surface area contributed by atoms with Crippen LogP contribution in [0.4, 0.5) is 5.69 Å². The van der Waals surface area contributed by atoms with Gasteiger partial charge in [-0.1, -0.05) is 29.3 Å². The second kappa shape index (κ2) is 15.2. The number of carbonyl (C=O) groups excluding carboxylic acids is 1. The first-order chi connectivity index (χ1) is 26.4. The zero-order chi connectivity index (χ0) is 39.3. The predicted molar refractivity (Wildman–Crippen MR) is 216 cm³/mol. The number of ether oxygens (including phenoxy) is 3. The van der Waals surface area contributed by atoms with E-state index in [1.165, 1.54) is 0 Å². The van der Waals surface area contributed by atoms with Gasteiger partial charge in [0.15, 0.2) is 0 Å². The van der Waals surface area contributed by atoms with Gasteiger partial charge in [0, 0.05) is 70.6 Å². The van der Waals surface area contributed by atoms with Crippen molar-refractivity contribution in [2.75, 3.05) is 38.9 Å². The SMILES string of the molecule is COCCn1c(C(=O)O)cc2cc(OC)cc(N3C[C@@H](C)n4c(c(CCCOc5cc(C)c(Cl)c(C)c5)c5ccc(Cl)c(-c6c(C)ncnc6C)c54)C3=O)c21. The van der Waals surface area contributed by atoms with Crippen LogP contribution in [-0.2, 0) is 17.7 Å². The first kappa shape index (κ1) is 38.2. The van der Waals surface area contributed by atoms with Crippen molar-refractivity contribution < 1.29 is 28.9 Å². The number of aryl methyl sites for hydroxylation is 5. The van der Waals surface area contributed by atoms with Crippen LogP contribution < -0.4 is 14.4 Å². The van der Waals surface area contributed by atoms with Crippen molar-refractivity contribution in [2.24, 2.45) is 0 Å². The Morgan fingerprint density at radius 2 is 1.64 bits per heavy atom. The van der Waals surface area contributed by atoms with E-state index in [4.69, 9.17) is 37.4 Å². The molecule has 0 spiro atoms. The summed E-state index contributed by atoms with van der Waals surface area (Å²) >= 11 is 13.5. The highest BCUT2D eigenvalue weighted by Gasteiger charge is 2.38. The molecule has 1 N–H and O–H groups in total. The number of fused-ring (bicyclic) bond motifs is 4. The number of amides is 1. The average molecular weight is 785 g/mol. The van der Waals surface area contributed by atoms with Gasteiger partial charge in [-0.3, -0.25) is 4.79 Å². The summed E-state index contributed by atoms with van der Waals surface area (Å²) < 4.78 is 21.1. The summed E-state index contributed by atoms with van der Waals surface area (Å²) in [5.41, 5.74) is 8.56. The quantitative estimate of drug-likeness (QED) is 0.122. The minimum atomic E-state index is -1.08. The van der Waals surface area contributed by atoms with Crippen LogP contribution in [0.15, 0.2) is 48.8 Å². The number of methoxy groups -OCH3 is 2. The minimum absolute atomic E-state index is 0.0926. The molecule has 4 heterocycles. The monoisotopic (exact) mass is 783 g/mol. The highest BCUT2D eigenvalue weighted by Crippen LogP contribution is 2.46. The molecule has 286 valence electrons. The number of carbonyl (C=O) groups is 2. The molecule has 0 fully saturated rings. The molecule has 0 radical (unpaired) electrons. The number of nitrogens with zero attached hydrogens (tertiary/aromatic N) is 5. The number of hydrogen-bond acceptors (Lipinski definition) is 7. The Hall–Kier alpha value is -5.10. The van der Waals surface area contributed by atoms with Crippen LogP contribution in [0.3, 0.4) is 0 Å². The first-order valence-corrected chi connectivity index (χ1v) is 18.9. The van der Waals surface area contributed by atoms with Crippen molar-refractivity contribution in [1.29, 1.82) is 0 Å². The molecule has 1 amide bonds. The summed E-state index contributed by atoms with van der Waals surface area (Å²) in [5, 5.41) is 13.0. The Morgan fingerprint density at radius 3 is 2.29 bits per heavy atom. The van der Waals surface area contributed by atoms with E-state index in [2.05, 4.69) is 21.5 Å². The molecule has 1 atom stereocenters. The molecule has 0 aliphatic carbocycles. The lowest BCUT2D eigenvalue weighted by Crippen LogP contribution is -2.43. The summed E-state index contributed by atoms with van der Waals surface area (Å²) in [6.07, 6.45) is 2.69. The van der Waals surface area contributed by atoms with Crippen molar-refractivity contribution in [1.82, 2.24) is 19.1 Å². The highest BCUT2D eigenvalue weighted by atomic mass is 35.5. The minimum Gasteiger partial charge on any atom is -0.497 e. The number of benzene rings is 3. The van der Waals surface area contributed by atoms with Crippen LogP contribution in [0.1, 0.15) is 68.4 Å². The van der Waals surface area contributed by atoms with Gasteiger partial charge in [-0.15, -0.1) is 0 Å². The van der Waals surface area contributed by atoms with Crippen molar-refractivity contribution in [3.8, 4) is 22.6 Å². The molecule has 3 aromatic carbocycles.